The van der Waals surface area contributed by atoms with Crippen molar-refractivity contribution in [2.45, 2.75) is 54.4 Å². The van der Waals surface area contributed by atoms with Gasteiger partial charge in [0, 0.05) is 0 Å². The number of hydrogen-bond acceptors (Lipinski definition) is 0. The van der Waals surface area contributed by atoms with E-state index in [2.05, 4.69) is 103 Å². The van der Waals surface area contributed by atoms with E-state index in [0.717, 1.165) is 12.8 Å². The molecule has 0 aromatic heterocycles. The minimum atomic E-state index is 1.04. The number of hydrogen-bond donors (Lipinski definition) is 0. The lowest BCUT2D eigenvalue weighted by molar-refractivity contribution is 1.05. The summed E-state index contributed by atoms with van der Waals surface area (Å²) in [6.07, 6.45) is 2.15. The second-order valence-corrected chi connectivity index (χ2v) is 7.36. The average molecular weight is 371 g/mol. The minimum Gasteiger partial charge on any atom is -0.106 e. The van der Waals surface area contributed by atoms with E-state index in [1.165, 1.54) is 55.0 Å². The van der Waals surface area contributed by atoms with Crippen LogP contribution < -0.4 is 0 Å². The van der Waals surface area contributed by atoms with Gasteiger partial charge in [-0.25, -0.2) is 0 Å². The second kappa shape index (κ2) is 9.55. The normalized spacial score (nSPS) is 12.9. The second-order valence-electron chi connectivity index (χ2n) is 7.36. The maximum absolute atomic E-state index is 3.00. The Morgan fingerprint density at radius 1 is 0.750 bits per heavy atom. The zero-order valence-corrected chi connectivity index (χ0v) is 18.4. The van der Waals surface area contributed by atoms with Crippen molar-refractivity contribution in [2.24, 2.45) is 0 Å². The first-order chi connectivity index (χ1) is 13.5. The molecule has 146 valence electrons. The van der Waals surface area contributed by atoms with Crippen LogP contribution in [0.5, 0.6) is 0 Å². The van der Waals surface area contributed by atoms with Gasteiger partial charge in [0.1, 0.15) is 0 Å². The molecule has 0 radical (unpaired) electrons. The van der Waals surface area contributed by atoms with Gasteiger partial charge in [-0.3, -0.25) is 0 Å². The van der Waals surface area contributed by atoms with Gasteiger partial charge >= 0.3 is 0 Å². The summed E-state index contributed by atoms with van der Waals surface area (Å²) >= 11 is 0. The van der Waals surface area contributed by atoms with Crippen LogP contribution in [-0.4, -0.2) is 0 Å². The molecular weight excluding hydrogens is 336 g/mol. The van der Waals surface area contributed by atoms with E-state index in [1.807, 2.05) is 0 Å². The van der Waals surface area contributed by atoms with E-state index < -0.39 is 0 Å². The summed E-state index contributed by atoms with van der Waals surface area (Å²) in [6, 6.07) is 17.9. The summed E-state index contributed by atoms with van der Waals surface area (Å²) in [5.41, 5.74) is 8.60. The Morgan fingerprint density at radius 3 is 2.04 bits per heavy atom. The van der Waals surface area contributed by atoms with Crippen molar-refractivity contribution >= 4 is 27.1 Å². The van der Waals surface area contributed by atoms with Gasteiger partial charge in [-0.05, 0) is 96.0 Å². The summed E-state index contributed by atoms with van der Waals surface area (Å²) < 4.78 is 0. The number of rotatable bonds is 4. The molecule has 0 N–H and O–H groups in total. The first-order valence-electron chi connectivity index (χ1n) is 10.3. The van der Waals surface area contributed by atoms with Crippen molar-refractivity contribution in [2.75, 3.05) is 0 Å². The summed E-state index contributed by atoms with van der Waals surface area (Å²) in [4.78, 5) is 0. The minimum absolute atomic E-state index is 1.04. The van der Waals surface area contributed by atoms with Crippen LogP contribution in [-0.2, 0) is 0 Å². The van der Waals surface area contributed by atoms with Crippen molar-refractivity contribution < 1.29 is 0 Å². The van der Waals surface area contributed by atoms with E-state index in [0.29, 0.717) is 0 Å². The molecule has 0 bridgehead atoms. The highest BCUT2D eigenvalue weighted by Crippen LogP contribution is 2.38. The highest BCUT2D eigenvalue weighted by Gasteiger charge is 2.15. The van der Waals surface area contributed by atoms with Gasteiger partial charge in [-0.2, -0.15) is 0 Å². The molecule has 0 aliphatic heterocycles. The Labute approximate surface area is 171 Å². The van der Waals surface area contributed by atoms with Crippen molar-refractivity contribution in [3.63, 3.8) is 0 Å². The van der Waals surface area contributed by atoms with Gasteiger partial charge in [0.15, 0.2) is 0 Å². The van der Waals surface area contributed by atoms with Crippen LogP contribution in [0.2, 0.25) is 0 Å². The number of aryl methyl sites for hydroxylation is 1. The molecule has 0 heterocycles. The molecule has 0 unspecified atom stereocenters. The van der Waals surface area contributed by atoms with E-state index in [1.54, 1.807) is 0 Å². The fraction of sp³-hybridized carbons (Fsp3) is 0.286. The SMILES string of the molecule is C=C.CC/C(C)=C(C)\C(C)=C(/CC)c1c2ccccc2cc2c(C)cccc12. The summed E-state index contributed by atoms with van der Waals surface area (Å²) in [6.45, 7) is 19.6. The van der Waals surface area contributed by atoms with Gasteiger partial charge in [0.2, 0.25) is 0 Å². The zero-order valence-electron chi connectivity index (χ0n) is 18.4. The van der Waals surface area contributed by atoms with Crippen LogP contribution in [0.25, 0.3) is 27.1 Å². The molecule has 0 spiro atoms. The van der Waals surface area contributed by atoms with Gasteiger partial charge in [-0.15, -0.1) is 13.2 Å². The van der Waals surface area contributed by atoms with Crippen LogP contribution in [0.3, 0.4) is 0 Å². The van der Waals surface area contributed by atoms with Crippen molar-refractivity contribution in [1.82, 2.24) is 0 Å². The first kappa shape index (κ1) is 21.7. The molecule has 0 amide bonds. The molecular formula is C28H34. The van der Waals surface area contributed by atoms with Gasteiger partial charge < -0.3 is 0 Å². The van der Waals surface area contributed by atoms with Crippen LogP contribution in [0.4, 0.5) is 0 Å². The fourth-order valence-electron chi connectivity index (χ4n) is 4.01. The fourth-order valence-corrected chi connectivity index (χ4v) is 4.01. The largest absolute Gasteiger partial charge is 0.106 e. The summed E-state index contributed by atoms with van der Waals surface area (Å²) in [7, 11) is 0. The Balaban J connectivity index is 0.00000136. The molecule has 3 rings (SSSR count). The van der Waals surface area contributed by atoms with E-state index >= 15 is 0 Å². The van der Waals surface area contributed by atoms with E-state index in [4.69, 9.17) is 0 Å². The lowest BCUT2D eigenvalue weighted by Crippen LogP contribution is -1.96. The van der Waals surface area contributed by atoms with E-state index in [9.17, 15) is 0 Å². The Kier molecular flexibility index (Phi) is 7.40. The van der Waals surface area contributed by atoms with Crippen molar-refractivity contribution in [1.29, 1.82) is 0 Å². The number of benzene rings is 3. The van der Waals surface area contributed by atoms with Gasteiger partial charge in [0.05, 0.1) is 0 Å². The Bertz CT molecular complexity index is 1040. The maximum Gasteiger partial charge on any atom is -0.00646 e. The molecule has 3 aromatic carbocycles. The predicted octanol–water partition coefficient (Wildman–Crippen LogP) is 9.03. The predicted molar refractivity (Wildman–Crippen MR) is 129 cm³/mol. The molecule has 3 aromatic rings. The Morgan fingerprint density at radius 2 is 1.39 bits per heavy atom. The third-order valence-corrected chi connectivity index (χ3v) is 5.96. The molecule has 0 heteroatoms. The standard InChI is InChI=1S/C26H30.C2H4/c1-7-17(3)19(5)20(6)22(8-2)26-23-14-10-9-13-21(23)16-25-18(4)12-11-15-24(25)26;1-2/h9-16H,7-8H2,1-6H3;1-2H2/b19-17-,22-20+;. The molecule has 0 aliphatic carbocycles. The van der Waals surface area contributed by atoms with Crippen molar-refractivity contribution in [3.05, 3.63) is 89.5 Å². The molecule has 28 heavy (non-hydrogen) atoms. The lowest BCUT2D eigenvalue weighted by Gasteiger charge is -2.19. The third-order valence-electron chi connectivity index (χ3n) is 5.96. The summed E-state index contributed by atoms with van der Waals surface area (Å²) in [5, 5.41) is 5.44. The highest BCUT2D eigenvalue weighted by molar-refractivity contribution is 6.10. The van der Waals surface area contributed by atoms with Crippen LogP contribution in [0.1, 0.15) is 58.6 Å². The monoisotopic (exact) mass is 370 g/mol. The third kappa shape index (κ3) is 3.97. The molecule has 0 atom stereocenters. The molecule has 0 fully saturated rings. The lowest BCUT2D eigenvalue weighted by atomic mass is 9.85. The molecule has 0 nitrogen and oxygen atoms in total. The zero-order chi connectivity index (χ0) is 20.8. The first-order valence-corrected chi connectivity index (χ1v) is 10.3. The van der Waals surface area contributed by atoms with Crippen LogP contribution in [0.15, 0.2) is 78.4 Å². The molecule has 0 aliphatic rings. The number of fused-ring (bicyclic) bond motifs is 2. The van der Waals surface area contributed by atoms with Crippen molar-refractivity contribution in [3.8, 4) is 0 Å². The Hall–Kier alpha value is -2.60. The quantitative estimate of drug-likeness (QED) is 0.244. The highest BCUT2D eigenvalue weighted by atomic mass is 14.2. The van der Waals surface area contributed by atoms with Gasteiger partial charge in [0.25, 0.3) is 0 Å². The average Bonchev–Trinajstić information content (AvgIpc) is 2.74. The molecule has 0 saturated carbocycles. The van der Waals surface area contributed by atoms with Crippen LogP contribution >= 0.6 is 0 Å². The van der Waals surface area contributed by atoms with Crippen LogP contribution in [0, 0.1) is 6.92 Å². The maximum atomic E-state index is 3.00. The smallest absolute Gasteiger partial charge is 0.00646 e. The number of allylic oxidation sites excluding steroid dienone is 4. The van der Waals surface area contributed by atoms with E-state index in [-0.39, 0.29) is 0 Å². The van der Waals surface area contributed by atoms with Gasteiger partial charge in [-0.1, -0.05) is 61.9 Å². The summed E-state index contributed by atoms with van der Waals surface area (Å²) in [5.74, 6) is 0. The molecule has 0 saturated heterocycles. The topological polar surface area (TPSA) is 0 Å².